The lowest BCUT2D eigenvalue weighted by Gasteiger charge is -2.28. The van der Waals surface area contributed by atoms with E-state index in [1.54, 1.807) is 14.2 Å². The van der Waals surface area contributed by atoms with Crippen LogP contribution < -0.4 is 5.73 Å². The van der Waals surface area contributed by atoms with Crippen LogP contribution in [-0.4, -0.2) is 26.6 Å². The van der Waals surface area contributed by atoms with Crippen LogP contribution in [0.2, 0.25) is 0 Å². The molecule has 84 valence electrons. The van der Waals surface area contributed by atoms with Crippen molar-refractivity contribution in [1.29, 1.82) is 0 Å². The van der Waals surface area contributed by atoms with Gasteiger partial charge in [-0.15, -0.1) is 0 Å². The molecule has 0 radical (unpaired) electrons. The van der Waals surface area contributed by atoms with Gasteiger partial charge >= 0.3 is 0 Å². The van der Waals surface area contributed by atoms with E-state index >= 15 is 0 Å². The summed E-state index contributed by atoms with van der Waals surface area (Å²) in [6.07, 6.45) is 7.53. The van der Waals surface area contributed by atoms with Crippen LogP contribution >= 0.6 is 0 Å². The number of hydrogen-bond donors (Lipinski definition) is 1. The van der Waals surface area contributed by atoms with Gasteiger partial charge in [0.2, 0.25) is 0 Å². The standard InChI is InChI=1S/C11H23NO2/c1-13-11(14-2)10(12)9-7-5-3-4-6-8-9/h9-11H,3-8,12H2,1-2H3. The minimum atomic E-state index is -0.238. The average molecular weight is 201 g/mol. The van der Waals surface area contributed by atoms with Gasteiger partial charge in [-0.05, 0) is 18.8 Å². The Bertz CT molecular complexity index is 140. The fourth-order valence-electron chi connectivity index (χ4n) is 2.33. The smallest absolute Gasteiger partial charge is 0.172 e. The third-order valence-corrected chi connectivity index (χ3v) is 3.22. The van der Waals surface area contributed by atoms with E-state index in [1.165, 1.54) is 38.5 Å². The van der Waals surface area contributed by atoms with Crippen molar-refractivity contribution in [3.8, 4) is 0 Å². The molecule has 1 aliphatic rings. The summed E-state index contributed by atoms with van der Waals surface area (Å²) in [5.74, 6) is 0.572. The Morgan fingerprint density at radius 2 is 1.50 bits per heavy atom. The number of ether oxygens (including phenoxy) is 2. The van der Waals surface area contributed by atoms with Crippen molar-refractivity contribution < 1.29 is 9.47 Å². The minimum Gasteiger partial charge on any atom is -0.354 e. The zero-order chi connectivity index (χ0) is 10.4. The van der Waals surface area contributed by atoms with Gasteiger partial charge in [0.25, 0.3) is 0 Å². The van der Waals surface area contributed by atoms with Crippen LogP contribution in [0.5, 0.6) is 0 Å². The molecule has 0 aromatic rings. The molecule has 14 heavy (non-hydrogen) atoms. The Kier molecular flexibility index (Phi) is 5.45. The molecule has 3 heteroatoms. The first kappa shape index (κ1) is 12.0. The van der Waals surface area contributed by atoms with Crippen LogP contribution in [0.4, 0.5) is 0 Å². The Balaban J connectivity index is 2.43. The summed E-state index contributed by atoms with van der Waals surface area (Å²) in [5.41, 5.74) is 6.13. The maximum Gasteiger partial charge on any atom is 0.172 e. The van der Waals surface area contributed by atoms with Gasteiger partial charge in [0.15, 0.2) is 6.29 Å². The second-order valence-electron chi connectivity index (χ2n) is 4.17. The molecule has 0 heterocycles. The maximum absolute atomic E-state index is 6.13. The highest BCUT2D eigenvalue weighted by molar-refractivity contribution is 4.78. The van der Waals surface area contributed by atoms with Gasteiger partial charge in [0.1, 0.15) is 0 Å². The van der Waals surface area contributed by atoms with Crippen molar-refractivity contribution >= 4 is 0 Å². The topological polar surface area (TPSA) is 44.5 Å². The van der Waals surface area contributed by atoms with Gasteiger partial charge in [-0.2, -0.15) is 0 Å². The summed E-state index contributed by atoms with van der Waals surface area (Å²) in [7, 11) is 3.31. The lowest BCUT2D eigenvalue weighted by Crippen LogP contribution is -2.43. The molecule has 0 aromatic carbocycles. The molecule has 1 atom stereocenters. The Morgan fingerprint density at radius 1 is 1.00 bits per heavy atom. The fraction of sp³-hybridized carbons (Fsp3) is 1.00. The molecule has 0 aliphatic heterocycles. The summed E-state index contributed by atoms with van der Waals surface area (Å²) in [6, 6.07) is 0.0306. The van der Waals surface area contributed by atoms with Gasteiger partial charge in [0.05, 0.1) is 6.04 Å². The van der Waals surface area contributed by atoms with Crippen molar-refractivity contribution in [2.45, 2.75) is 50.9 Å². The van der Waals surface area contributed by atoms with Crippen LogP contribution in [-0.2, 0) is 9.47 Å². The average Bonchev–Trinajstić information content (AvgIpc) is 2.47. The highest BCUT2D eigenvalue weighted by Crippen LogP contribution is 2.26. The lowest BCUT2D eigenvalue weighted by atomic mass is 9.92. The monoisotopic (exact) mass is 201 g/mol. The van der Waals surface area contributed by atoms with E-state index in [9.17, 15) is 0 Å². The van der Waals surface area contributed by atoms with E-state index in [2.05, 4.69) is 0 Å². The largest absolute Gasteiger partial charge is 0.354 e. The zero-order valence-corrected chi connectivity index (χ0v) is 9.37. The van der Waals surface area contributed by atoms with Gasteiger partial charge in [-0.1, -0.05) is 25.7 Å². The minimum absolute atomic E-state index is 0.0306. The molecular weight excluding hydrogens is 178 g/mol. The lowest BCUT2D eigenvalue weighted by molar-refractivity contribution is -0.126. The van der Waals surface area contributed by atoms with Gasteiger partial charge in [0, 0.05) is 14.2 Å². The molecule has 1 saturated carbocycles. The van der Waals surface area contributed by atoms with E-state index in [1.807, 2.05) is 0 Å². The molecular formula is C11H23NO2. The van der Waals surface area contributed by atoms with Crippen LogP contribution in [0, 0.1) is 5.92 Å². The Labute approximate surface area is 86.9 Å². The van der Waals surface area contributed by atoms with Crippen LogP contribution in [0.1, 0.15) is 38.5 Å². The van der Waals surface area contributed by atoms with E-state index in [0.29, 0.717) is 5.92 Å². The van der Waals surface area contributed by atoms with E-state index in [-0.39, 0.29) is 12.3 Å². The summed E-state index contributed by atoms with van der Waals surface area (Å²) in [4.78, 5) is 0. The Morgan fingerprint density at radius 3 is 1.93 bits per heavy atom. The summed E-state index contributed by atoms with van der Waals surface area (Å²) in [6.45, 7) is 0. The normalized spacial score (nSPS) is 22.3. The third-order valence-electron chi connectivity index (χ3n) is 3.22. The van der Waals surface area contributed by atoms with Crippen LogP contribution in [0.15, 0.2) is 0 Å². The number of rotatable bonds is 4. The molecule has 1 aliphatic carbocycles. The number of nitrogens with two attached hydrogens (primary N) is 1. The third kappa shape index (κ3) is 3.23. The maximum atomic E-state index is 6.13. The van der Waals surface area contributed by atoms with Gasteiger partial charge in [-0.25, -0.2) is 0 Å². The summed E-state index contributed by atoms with van der Waals surface area (Å²) in [5, 5.41) is 0. The molecule has 1 fully saturated rings. The molecule has 0 saturated heterocycles. The van der Waals surface area contributed by atoms with Gasteiger partial charge < -0.3 is 15.2 Å². The van der Waals surface area contributed by atoms with Crippen molar-refractivity contribution in [2.24, 2.45) is 11.7 Å². The molecule has 2 N–H and O–H groups in total. The van der Waals surface area contributed by atoms with E-state index < -0.39 is 0 Å². The molecule has 1 unspecified atom stereocenters. The van der Waals surface area contributed by atoms with Crippen LogP contribution in [0.3, 0.4) is 0 Å². The van der Waals surface area contributed by atoms with Crippen molar-refractivity contribution in [1.82, 2.24) is 0 Å². The molecule has 1 rings (SSSR count). The van der Waals surface area contributed by atoms with E-state index in [0.717, 1.165) is 0 Å². The molecule has 0 spiro atoms. The highest BCUT2D eigenvalue weighted by Gasteiger charge is 2.26. The van der Waals surface area contributed by atoms with Crippen molar-refractivity contribution in [3.05, 3.63) is 0 Å². The SMILES string of the molecule is COC(OC)C(N)C1CCCCCC1. The first-order valence-electron chi connectivity index (χ1n) is 5.60. The second kappa shape index (κ2) is 6.38. The quantitative estimate of drug-likeness (QED) is 0.558. The van der Waals surface area contributed by atoms with E-state index in [4.69, 9.17) is 15.2 Å². The number of hydrogen-bond acceptors (Lipinski definition) is 3. The molecule has 0 amide bonds. The zero-order valence-electron chi connectivity index (χ0n) is 9.37. The summed E-state index contributed by atoms with van der Waals surface area (Å²) < 4.78 is 10.4. The first-order valence-corrected chi connectivity index (χ1v) is 5.60. The van der Waals surface area contributed by atoms with Crippen molar-refractivity contribution in [3.63, 3.8) is 0 Å². The fourth-order valence-corrected chi connectivity index (χ4v) is 2.33. The molecule has 3 nitrogen and oxygen atoms in total. The molecule has 0 bridgehead atoms. The van der Waals surface area contributed by atoms with Gasteiger partial charge in [-0.3, -0.25) is 0 Å². The van der Waals surface area contributed by atoms with Crippen LogP contribution in [0.25, 0.3) is 0 Å². The second-order valence-corrected chi connectivity index (χ2v) is 4.17. The highest BCUT2D eigenvalue weighted by atomic mass is 16.7. The van der Waals surface area contributed by atoms with Crippen molar-refractivity contribution in [2.75, 3.05) is 14.2 Å². The summed E-state index contributed by atoms with van der Waals surface area (Å²) >= 11 is 0. The predicted molar refractivity (Wildman–Crippen MR) is 57.0 cm³/mol. The Hall–Kier alpha value is -0.120. The first-order chi connectivity index (χ1) is 6.79. The predicted octanol–water partition coefficient (Wildman–Crippen LogP) is 1.90. The molecule has 0 aromatic heterocycles. The number of methoxy groups -OCH3 is 2.